The van der Waals surface area contributed by atoms with Gasteiger partial charge >= 0.3 is 0 Å². The van der Waals surface area contributed by atoms with Crippen molar-refractivity contribution in [2.24, 2.45) is 5.73 Å². The van der Waals surface area contributed by atoms with Crippen LogP contribution in [0, 0.1) is 0 Å². The summed E-state index contributed by atoms with van der Waals surface area (Å²) in [5.74, 6) is -2.84. The maximum Gasteiger partial charge on any atom is 0.250 e. The van der Waals surface area contributed by atoms with Crippen molar-refractivity contribution < 1.29 is 18.4 Å². The smallest absolute Gasteiger partial charge is 0.250 e. The number of pyridine rings is 1. The third kappa shape index (κ3) is 5.03. The first kappa shape index (κ1) is 20.6. The van der Waals surface area contributed by atoms with Crippen molar-refractivity contribution in [1.82, 2.24) is 14.5 Å². The van der Waals surface area contributed by atoms with E-state index in [0.717, 1.165) is 23.0 Å². The zero-order chi connectivity index (χ0) is 21.0. The lowest BCUT2D eigenvalue weighted by molar-refractivity contribution is -0.0504. The third-order valence-corrected chi connectivity index (χ3v) is 4.83. The molecule has 152 valence electrons. The zero-order valence-electron chi connectivity index (χ0n) is 16.0. The second-order valence-electron chi connectivity index (χ2n) is 7.06. The highest BCUT2D eigenvalue weighted by Crippen LogP contribution is 2.26. The van der Waals surface area contributed by atoms with E-state index in [4.69, 9.17) is 5.73 Å². The molecule has 0 bridgehead atoms. The highest BCUT2D eigenvalue weighted by atomic mass is 19.3. The number of nitrogens with two attached hydrogens (primary N) is 1. The number of halogens is 2. The SMILES string of the molecule is CN1CCC(F)(F)CC1.NC(=O)c1ccc(-n2ccc3cc(C=O)cnc32)cc1. The fraction of sp³-hybridized carbons (Fsp3) is 0.286. The summed E-state index contributed by atoms with van der Waals surface area (Å²) < 4.78 is 26.6. The molecule has 0 spiro atoms. The standard InChI is InChI=1S/C15H11N3O2.C6H11F2N/c16-14(20)11-1-3-13(4-2-11)18-6-5-12-7-10(9-19)8-17-15(12)18;1-9-4-2-6(7,8)3-5-9/h1-9H,(H2,16,20);2-5H2,1H3. The van der Waals surface area contributed by atoms with Gasteiger partial charge < -0.3 is 15.2 Å². The minimum Gasteiger partial charge on any atom is -0.366 e. The average Bonchev–Trinajstić information content (AvgIpc) is 3.14. The van der Waals surface area contributed by atoms with E-state index in [1.54, 1.807) is 30.3 Å². The molecule has 8 heteroatoms. The number of hydrogen-bond acceptors (Lipinski definition) is 4. The summed E-state index contributed by atoms with van der Waals surface area (Å²) in [6, 6.07) is 10.6. The van der Waals surface area contributed by atoms with E-state index in [2.05, 4.69) is 4.98 Å². The average molecular weight is 400 g/mol. The number of benzene rings is 1. The van der Waals surface area contributed by atoms with Crippen LogP contribution in [-0.4, -0.2) is 52.7 Å². The van der Waals surface area contributed by atoms with E-state index in [1.807, 2.05) is 28.8 Å². The first-order chi connectivity index (χ1) is 13.8. The van der Waals surface area contributed by atoms with Gasteiger partial charge in [-0.1, -0.05) is 0 Å². The van der Waals surface area contributed by atoms with Crippen LogP contribution in [0.3, 0.4) is 0 Å². The number of aromatic nitrogens is 2. The molecule has 3 aromatic rings. The number of nitrogens with zero attached hydrogens (tertiary/aromatic N) is 3. The number of likely N-dealkylation sites (tertiary alicyclic amines) is 1. The number of fused-ring (bicyclic) bond motifs is 1. The maximum atomic E-state index is 12.4. The fourth-order valence-corrected chi connectivity index (χ4v) is 3.05. The van der Waals surface area contributed by atoms with Crippen LogP contribution in [0.5, 0.6) is 0 Å². The van der Waals surface area contributed by atoms with E-state index in [0.29, 0.717) is 24.2 Å². The number of amides is 1. The summed E-state index contributed by atoms with van der Waals surface area (Å²) in [6.07, 6.45) is 4.23. The molecule has 1 amide bonds. The predicted molar refractivity (Wildman–Crippen MR) is 107 cm³/mol. The molecule has 29 heavy (non-hydrogen) atoms. The Balaban J connectivity index is 0.000000224. The van der Waals surface area contributed by atoms with Crippen LogP contribution < -0.4 is 5.73 Å². The molecule has 1 aliphatic rings. The first-order valence-electron chi connectivity index (χ1n) is 9.18. The van der Waals surface area contributed by atoms with Crippen LogP contribution in [0.1, 0.15) is 33.6 Å². The quantitative estimate of drug-likeness (QED) is 0.684. The number of hydrogen-bond donors (Lipinski definition) is 1. The molecular formula is C21H22F2N4O2. The fourth-order valence-electron chi connectivity index (χ4n) is 3.05. The molecule has 0 radical (unpaired) electrons. The number of carbonyl (C=O) groups is 2. The van der Waals surface area contributed by atoms with Gasteiger partial charge in [0.05, 0.1) is 0 Å². The monoisotopic (exact) mass is 400 g/mol. The lowest BCUT2D eigenvalue weighted by Gasteiger charge is -2.28. The number of piperidine rings is 1. The summed E-state index contributed by atoms with van der Waals surface area (Å²) in [5, 5.41) is 0.883. The van der Waals surface area contributed by atoms with Crippen molar-refractivity contribution in [3.63, 3.8) is 0 Å². The van der Waals surface area contributed by atoms with Crippen molar-refractivity contribution in [2.45, 2.75) is 18.8 Å². The first-order valence-corrected chi connectivity index (χ1v) is 9.18. The summed E-state index contributed by atoms with van der Waals surface area (Å²) in [5.41, 5.74) is 7.84. The molecule has 2 N–H and O–H groups in total. The lowest BCUT2D eigenvalue weighted by Crippen LogP contribution is -2.36. The highest BCUT2D eigenvalue weighted by Gasteiger charge is 2.32. The van der Waals surface area contributed by atoms with Crippen LogP contribution >= 0.6 is 0 Å². The summed E-state index contributed by atoms with van der Waals surface area (Å²) in [7, 11) is 1.87. The second kappa shape index (κ2) is 8.48. The molecule has 6 nitrogen and oxygen atoms in total. The Labute approximate surface area is 166 Å². The van der Waals surface area contributed by atoms with E-state index in [-0.39, 0.29) is 12.8 Å². The van der Waals surface area contributed by atoms with Crippen molar-refractivity contribution in [2.75, 3.05) is 20.1 Å². The van der Waals surface area contributed by atoms with Gasteiger partial charge in [0.2, 0.25) is 5.91 Å². The Bertz CT molecular complexity index is 1010. The van der Waals surface area contributed by atoms with Gasteiger partial charge in [0.25, 0.3) is 5.92 Å². The van der Waals surface area contributed by atoms with E-state index in [9.17, 15) is 18.4 Å². The zero-order valence-corrected chi connectivity index (χ0v) is 16.0. The lowest BCUT2D eigenvalue weighted by atomic mass is 10.1. The molecule has 0 atom stereocenters. The number of rotatable bonds is 3. The van der Waals surface area contributed by atoms with Crippen molar-refractivity contribution >= 4 is 23.2 Å². The Morgan fingerprint density at radius 3 is 2.38 bits per heavy atom. The molecule has 1 aliphatic heterocycles. The topological polar surface area (TPSA) is 81.2 Å². The normalized spacial score (nSPS) is 16.1. The Morgan fingerprint density at radius 2 is 1.83 bits per heavy atom. The van der Waals surface area contributed by atoms with Gasteiger partial charge in [-0.05, 0) is 43.4 Å². The third-order valence-electron chi connectivity index (χ3n) is 4.83. The minimum atomic E-state index is -2.38. The molecular weight excluding hydrogens is 378 g/mol. The molecule has 3 heterocycles. The number of aldehydes is 1. The molecule has 0 aliphatic carbocycles. The summed E-state index contributed by atoms with van der Waals surface area (Å²) in [6.45, 7) is 1.07. The van der Waals surface area contributed by atoms with Crippen molar-refractivity contribution in [1.29, 1.82) is 0 Å². The molecule has 4 rings (SSSR count). The number of alkyl halides is 2. The molecule has 2 aromatic heterocycles. The summed E-state index contributed by atoms with van der Waals surface area (Å²) >= 11 is 0. The van der Waals surface area contributed by atoms with Gasteiger partial charge in [-0.25, -0.2) is 13.8 Å². The maximum absolute atomic E-state index is 12.4. The number of carbonyl (C=O) groups excluding carboxylic acids is 2. The van der Waals surface area contributed by atoms with Gasteiger partial charge in [0.15, 0.2) is 6.29 Å². The van der Waals surface area contributed by atoms with Gasteiger partial charge in [-0.3, -0.25) is 9.59 Å². The number of primary amides is 1. The predicted octanol–water partition coefficient (Wildman–Crippen LogP) is 3.28. The molecule has 1 fully saturated rings. The molecule has 1 saturated heterocycles. The van der Waals surface area contributed by atoms with Gasteiger partial charge in [0.1, 0.15) is 5.65 Å². The van der Waals surface area contributed by atoms with Crippen LogP contribution in [0.2, 0.25) is 0 Å². The highest BCUT2D eigenvalue weighted by molar-refractivity contribution is 5.93. The van der Waals surface area contributed by atoms with E-state index < -0.39 is 11.8 Å². The van der Waals surface area contributed by atoms with Crippen LogP contribution in [-0.2, 0) is 0 Å². The van der Waals surface area contributed by atoms with Gasteiger partial charge in [-0.2, -0.15) is 0 Å². The van der Waals surface area contributed by atoms with Crippen LogP contribution in [0.25, 0.3) is 16.7 Å². The van der Waals surface area contributed by atoms with Crippen LogP contribution in [0.15, 0.2) is 48.8 Å². The van der Waals surface area contributed by atoms with Crippen LogP contribution in [0.4, 0.5) is 8.78 Å². The Hall–Kier alpha value is -3.13. The molecule has 0 unspecified atom stereocenters. The van der Waals surface area contributed by atoms with E-state index >= 15 is 0 Å². The van der Waals surface area contributed by atoms with E-state index in [1.165, 1.54) is 6.20 Å². The largest absolute Gasteiger partial charge is 0.366 e. The summed E-state index contributed by atoms with van der Waals surface area (Å²) in [4.78, 5) is 28.0. The molecule has 1 aromatic carbocycles. The van der Waals surface area contributed by atoms with Gasteiger partial charge in [-0.15, -0.1) is 0 Å². The van der Waals surface area contributed by atoms with Crippen molar-refractivity contribution in [3.8, 4) is 5.69 Å². The second-order valence-corrected chi connectivity index (χ2v) is 7.06. The minimum absolute atomic E-state index is 0.0312. The Kier molecular flexibility index (Phi) is 6.03. The van der Waals surface area contributed by atoms with Gasteiger partial charge in [0, 0.05) is 60.5 Å². The molecule has 0 saturated carbocycles. The Morgan fingerprint density at radius 1 is 1.17 bits per heavy atom. The van der Waals surface area contributed by atoms with Crippen molar-refractivity contribution in [3.05, 3.63) is 59.9 Å².